The zero-order valence-electron chi connectivity index (χ0n) is 24.0. The van der Waals surface area contributed by atoms with Gasteiger partial charge in [0.2, 0.25) is 5.95 Å². The van der Waals surface area contributed by atoms with E-state index in [1.165, 1.54) is 17.4 Å². The molecule has 0 aliphatic carbocycles. The summed E-state index contributed by atoms with van der Waals surface area (Å²) < 4.78 is 62.1. The number of hydrogen-bond donors (Lipinski definition) is 3. The minimum atomic E-state index is -4.56. The van der Waals surface area contributed by atoms with E-state index >= 15 is 0 Å². The van der Waals surface area contributed by atoms with Crippen LogP contribution in [0.4, 0.5) is 37.1 Å². The molecule has 1 saturated heterocycles. The van der Waals surface area contributed by atoms with E-state index in [4.69, 9.17) is 14.7 Å². The fourth-order valence-corrected chi connectivity index (χ4v) is 6.92. The maximum absolute atomic E-state index is 14.3. The number of morpholine rings is 1. The van der Waals surface area contributed by atoms with Gasteiger partial charge in [-0.05, 0) is 49.4 Å². The van der Waals surface area contributed by atoms with Crippen LogP contribution in [0.15, 0.2) is 78.0 Å². The molecule has 0 amide bonds. The summed E-state index contributed by atoms with van der Waals surface area (Å²) in [7, 11) is -4.56. The van der Waals surface area contributed by atoms with Gasteiger partial charge in [0.05, 0.1) is 41.4 Å². The molecule has 3 aromatic heterocycles. The van der Waals surface area contributed by atoms with Crippen LogP contribution in [0, 0.1) is 11.6 Å². The predicted molar refractivity (Wildman–Crippen MR) is 170 cm³/mol. The van der Waals surface area contributed by atoms with E-state index in [2.05, 4.69) is 30.2 Å². The van der Waals surface area contributed by atoms with Gasteiger partial charge in [0.15, 0.2) is 10.0 Å². The van der Waals surface area contributed by atoms with E-state index in [0.717, 1.165) is 37.1 Å². The highest BCUT2D eigenvalue weighted by atomic mass is 32.2. The van der Waals surface area contributed by atoms with Crippen molar-refractivity contribution in [2.45, 2.75) is 11.8 Å². The van der Waals surface area contributed by atoms with Crippen LogP contribution in [0.5, 0.6) is 0 Å². The lowest BCUT2D eigenvalue weighted by Gasteiger charge is -2.27. The fraction of sp³-hybridized carbons (Fsp3) is 0.200. The Kier molecular flexibility index (Phi) is 8.82. The van der Waals surface area contributed by atoms with Crippen LogP contribution in [0.25, 0.3) is 21.8 Å². The standard InChI is InChI=1S/C30H28F2N8O3S2/c1-2-33-30-38-26(19-5-3-6-20(17-19)39-45(41,42)28-22(31)7-4-8-23(28)32)27(44-30)24-11-12-34-29(37-24)36-21-9-10-25(35-18-21)40-13-15-43-16-14-40/h3-12,17-18,39H,2,13-16H2,1H3,(H,33,38)(H,34,36,37). The summed E-state index contributed by atoms with van der Waals surface area (Å²) in [6.07, 6.45) is 3.35. The van der Waals surface area contributed by atoms with Crippen LogP contribution in [0.1, 0.15) is 6.92 Å². The molecule has 0 radical (unpaired) electrons. The van der Waals surface area contributed by atoms with Crippen molar-refractivity contribution in [3.63, 3.8) is 0 Å². The first kappa shape index (κ1) is 30.3. The second kappa shape index (κ2) is 13.1. The molecule has 2 aromatic carbocycles. The molecule has 45 heavy (non-hydrogen) atoms. The van der Waals surface area contributed by atoms with E-state index in [-0.39, 0.29) is 5.69 Å². The van der Waals surface area contributed by atoms with Crippen LogP contribution in [0.2, 0.25) is 0 Å². The number of nitrogens with one attached hydrogen (secondary N) is 3. The third-order valence-corrected chi connectivity index (χ3v) is 9.23. The van der Waals surface area contributed by atoms with Gasteiger partial charge in [0.25, 0.3) is 10.0 Å². The molecule has 6 rings (SSSR count). The topological polar surface area (TPSA) is 134 Å². The molecule has 1 aliphatic heterocycles. The van der Waals surface area contributed by atoms with E-state index in [9.17, 15) is 17.2 Å². The average Bonchev–Trinajstić information content (AvgIpc) is 3.46. The van der Waals surface area contributed by atoms with Crippen molar-refractivity contribution >= 4 is 49.6 Å². The van der Waals surface area contributed by atoms with Crippen molar-refractivity contribution in [3.8, 4) is 21.8 Å². The monoisotopic (exact) mass is 650 g/mol. The second-order valence-corrected chi connectivity index (χ2v) is 12.5. The Morgan fingerprint density at radius 3 is 2.47 bits per heavy atom. The first-order valence-electron chi connectivity index (χ1n) is 14.0. The quantitative estimate of drug-likeness (QED) is 0.171. The van der Waals surface area contributed by atoms with E-state index in [1.807, 2.05) is 19.1 Å². The minimum absolute atomic E-state index is 0.108. The zero-order chi connectivity index (χ0) is 31.4. The van der Waals surface area contributed by atoms with Crippen LogP contribution in [0.3, 0.4) is 0 Å². The third-order valence-electron chi connectivity index (χ3n) is 6.76. The first-order chi connectivity index (χ1) is 21.8. The number of sulfonamides is 1. The van der Waals surface area contributed by atoms with Gasteiger partial charge in [0, 0.05) is 37.1 Å². The number of benzene rings is 2. The molecule has 0 bridgehead atoms. The van der Waals surface area contributed by atoms with Crippen LogP contribution >= 0.6 is 11.3 Å². The summed E-state index contributed by atoms with van der Waals surface area (Å²) in [4.78, 5) is 20.2. The van der Waals surface area contributed by atoms with Crippen molar-refractivity contribution in [3.05, 3.63) is 84.7 Å². The highest BCUT2D eigenvalue weighted by Gasteiger charge is 2.25. The second-order valence-electron chi connectivity index (χ2n) is 9.86. The van der Waals surface area contributed by atoms with Crippen LogP contribution in [-0.2, 0) is 14.8 Å². The molecule has 4 heterocycles. The predicted octanol–water partition coefficient (Wildman–Crippen LogP) is 5.75. The highest BCUT2D eigenvalue weighted by Crippen LogP contribution is 2.39. The van der Waals surface area contributed by atoms with Gasteiger partial charge in [-0.2, -0.15) is 0 Å². The molecular formula is C30H28F2N8O3S2. The number of aromatic nitrogens is 4. The fourth-order valence-electron chi connectivity index (χ4n) is 4.71. The normalized spacial score (nSPS) is 13.4. The number of rotatable bonds is 10. The molecular weight excluding hydrogens is 623 g/mol. The number of halogens is 2. The van der Waals surface area contributed by atoms with Crippen LogP contribution in [-0.4, -0.2) is 61.2 Å². The molecule has 5 aromatic rings. The van der Waals surface area contributed by atoms with Gasteiger partial charge < -0.3 is 20.3 Å². The largest absolute Gasteiger partial charge is 0.378 e. The van der Waals surface area contributed by atoms with E-state index in [1.54, 1.807) is 36.7 Å². The Balaban J connectivity index is 1.28. The number of ether oxygens (including phenoxy) is 1. The first-order valence-corrected chi connectivity index (χ1v) is 16.3. The number of hydrogen-bond acceptors (Lipinski definition) is 11. The highest BCUT2D eigenvalue weighted by molar-refractivity contribution is 7.92. The molecule has 1 aliphatic rings. The lowest BCUT2D eigenvalue weighted by molar-refractivity contribution is 0.122. The lowest BCUT2D eigenvalue weighted by Crippen LogP contribution is -2.36. The Hall–Kier alpha value is -4.73. The van der Waals surface area contributed by atoms with Gasteiger partial charge in [-0.25, -0.2) is 37.1 Å². The zero-order valence-corrected chi connectivity index (χ0v) is 25.6. The van der Waals surface area contributed by atoms with Gasteiger partial charge in [-0.3, -0.25) is 4.72 Å². The summed E-state index contributed by atoms with van der Waals surface area (Å²) >= 11 is 1.38. The lowest BCUT2D eigenvalue weighted by atomic mass is 10.1. The van der Waals surface area contributed by atoms with Gasteiger partial charge >= 0.3 is 0 Å². The Labute approximate surface area is 262 Å². The number of thiazole rings is 1. The summed E-state index contributed by atoms with van der Waals surface area (Å²) in [6, 6.07) is 14.9. The number of nitrogens with zero attached hydrogens (tertiary/aromatic N) is 5. The van der Waals surface area contributed by atoms with Crippen molar-refractivity contribution in [2.75, 3.05) is 53.1 Å². The van der Waals surface area contributed by atoms with Crippen LogP contribution < -0.4 is 20.3 Å². The Morgan fingerprint density at radius 2 is 1.73 bits per heavy atom. The molecule has 0 atom stereocenters. The van der Waals surface area contributed by atoms with Crippen molar-refractivity contribution in [1.82, 2.24) is 19.9 Å². The van der Waals surface area contributed by atoms with Gasteiger partial charge in [-0.1, -0.05) is 29.5 Å². The minimum Gasteiger partial charge on any atom is -0.378 e. The maximum Gasteiger partial charge on any atom is 0.267 e. The summed E-state index contributed by atoms with van der Waals surface area (Å²) in [5.41, 5.74) is 2.51. The molecule has 11 nitrogen and oxygen atoms in total. The van der Waals surface area contributed by atoms with Crippen molar-refractivity contribution in [2.24, 2.45) is 0 Å². The summed E-state index contributed by atoms with van der Waals surface area (Å²) in [5.74, 6) is -1.15. The average molecular weight is 651 g/mol. The van der Waals surface area contributed by atoms with Crippen molar-refractivity contribution < 1.29 is 21.9 Å². The third kappa shape index (κ3) is 6.84. The van der Waals surface area contributed by atoms with Gasteiger partial charge in [0.1, 0.15) is 17.5 Å². The molecule has 0 saturated carbocycles. The van der Waals surface area contributed by atoms with Crippen molar-refractivity contribution in [1.29, 1.82) is 0 Å². The molecule has 232 valence electrons. The summed E-state index contributed by atoms with van der Waals surface area (Å²) in [5, 5.41) is 7.05. The molecule has 15 heteroatoms. The van der Waals surface area contributed by atoms with E-state index in [0.29, 0.717) is 58.4 Å². The smallest absolute Gasteiger partial charge is 0.267 e. The summed E-state index contributed by atoms with van der Waals surface area (Å²) in [6.45, 7) is 5.50. The maximum atomic E-state index is 14.3. The Bertz CT molecular complexity index is 1900. The molecule has 1 fully saturated rings. The SMILES string of the molecule is CCNc1nc(-c2cccc(NS(=O)(=O)c3c(F)cccc3F)c2)c(-c2ccnc(Nc3ccc(N4CCOCC4)nc3)n2)s1. The van der Waals surface area contributed by atoms with E-state index < -0.39 is 26.6 Å². The molecule has 0 unspecified atom stereocenters. The van der Waals surface area contributed by atoms with Gasteiger partial charge in [-0.15, -0.1) is 0 Å². The molecule has 0 spiro atoms. The number of pyridine rings is 1. The number of anilines is 5. The Morgan fingerprint density at radius 1 is 0.956 bits per heavy atom. The molecule has 3 N–H and O–H groups in total.